The number of hydrogen-bond acceptors (Lipinski definition) is 5. The second kappa shape index (κ2) is 10.1. The van der Waals surface area contributed by atoms with Gasteiger partial charge < -0.3 is 4.74 Å². The van der Waals surface area contributed by atoms with Crippen molar-refractivity contribution in [2.75, 3.05) is 12.0 Å². The third-order valence-electron chi connectivity index (χ3n) is 3.44. The van der Waals surface area contributed by atoms with Crippen molar-refractivity contribution in [3.63, 3.8) is 0 Å². The fourth-order valence-corrected chi connectivity index (χ4v) is 2.80. The van der Waals surface area contributed by atoms with Gasteiger partial charge in [-0.25, -0.2) is 4.98 Å². The molecular formula is C18H25N3OS. The van der Waals surface area contributed by atoms with Crippen LogP contribution in [0.2, 0.25) is 0 Å². The van der Waals surface area contributed by atoms with Crippen LogP contribution in [0.5, 0.6) is 0 Å². The molecule has 1 aromatic heterocycles. The highest BCUT2D eigenvalue weighted by atomic mass is 32.1. The van der Waals surface area contributed by atoms with Crippen molar-refractivity contribution in [1.29, 1.82) is 0 Å². The maximum absolute atomic E-state index is 5.78. The van der Waals surface area contributed by atoms with Crippen LogP contribution in [-0.2, 0) is 11.3 Å². The van der Waals surface area contributed by atoms with E-state index in [-0.39, 0.29) is 0 Å². The van der Waals surface area contributed by atoms with Crippen LogP contribution in [0.25, 0.3) is 0 Å². The topological polar surface area (TPSA) is 46.5 Å². The fraction of sp³-hybridized carbons (Fsp3) is 0.444. The highest BCUT2D eigenvalue weighted by molar-refractivity contribution is 7.13. The molecule has 2 rings (SSSR count). The minimum atomic E-state index is 0.630. The van der Waals surface area contributed by atoms with Crippen molar-refractivity contribution in [2.45, 2.75) is 46.1 Å². The smallest absolute Gasteiger partial charge is 0.203 e. The molecule has 0 aliphatic heterocycles. The van der Waals surface area contributed by atoms with Crippen LogP contribution in [0.1, 0.15) is 49.4 Å². The predicted octanol–water partition coefficient (Wildman–Crippen LogP) is 4.99. The van der Waals surface area contributed by atoms with Gasteiger partial charge in [0.05, 0.1) is 18.5 Å². The van der Waals surface area contributed by atoms with E-state index in [2.05, 4.69) is 28.5 Å². The lowest BCUT2D eigenvalue weighted by Gasteiger charge is -2.07. The van der Waals surface area contributed by atoms with Crippen LogP contribution in [0.15, 0.2) is 34.7 Å². The average Bonchev–Trinajstić information content (AvgIpc) is 2.97. The molecular weight excluding hydrogens is 306 g/mol. The SMILES string of the molecule is CCCCCCOCc1ccccc1C=NNc1nc(C)cs1. The summed E-state index contributed by atoms with van der Waals surface area (Å²) in [6.07, 6.45) is 6.75. The number of unbranched alkanes of at least 4 members (excludes halogenated alkanes) is 3. The Morgan fingerprint density at radius 1 is 1.26 bits per heavy atom. The summed E-state index contributed by atoms with van der Waals surface area (Å²) < 4.78 is 5.78. The molecule has 0 aliphatic carbocycles. The first-order valence-electron chi connectivity index (χ1n) is 8.16. The van der Waals surface area contributed by atoms with E-state index in [0.29, 0.717) is 6.61 Å². The monoisotopic (exact) mass is 331 g/mol. The van der Waals surface area contributed by atoms with Gasteiger partial charge in [0.2, 0.25) is 5.13 Å². The summed E-state index contributed by atoms with van der Waals surface area (Å²) in [6, 6.07) is 8.18. The largest absolute Gasteiger partial charge is 0.377 e. The zero-order chi connectivity index (χ0) is 16.3. The number of hydrazone groups is 1. The van der Waals surface area contributed by atoms with E-state index in [1.54, 1.807) is 11.3 Å². The summed E-state index contributed by atoms with van der Waals surface area (Å²) in [7, 11) is 0. The Bertz CT molecular complexity index is 610. The molecule has 0 aliphatic rings. The van der Waals surface area contributed by atoms with Gasteiger partial charge in [-0.1, -0.05) is 50.5 Å². The second-order valence-electron chi connectivity index (χ2n) is 5.48. The van der Waals surface area contributed by atoms with E-state index < -0.39 is 0 Å². The van der Waals surface area contributed by atoms with Crippen molar-refractivity contribution in [1.82, 2.24) is 4.98 Å². The van der Waals surface area contributed by atoms with Crippen molar-refractivity contribution >= 4 is 22.7 Å². The van der Waals surface area contributed by atoms with Gasteiger partial charge in [-0.05, 0) is 18.9 Å². The molecule has 4 nitrogen and oxygen atoms in total. The zero-order valence-electron chi connectivity index (χ0n) is 13.9. The molecule has 5 heteroatoms. The van der Waals surface area contributed by atoms with E-state index in [9.17, 15) is 0 Å². The third kappa shape index (κ3) is 6.50. The normalized spacial score (nSPS) is 11.2. The number of hydrogen-bond donors (Lipinski definition) is 1. The van der Waals surface area contributed by atoms with Gasteiger partial charge in [0.15, 0.2) is 0 Å². The van der Waals surface area contributed by atoms with Gasteiger partial charge in [0.25, 0.3) is 0 Å². The number of rotatable bonds is 10. The number of nitrogens with one attached hydrogen (secondary N) is 1. The molecule has 1 heterocycles. The Morgan fingerprint density at radius 3 is 2.91 bits per heavy atom. The van der Waals surface area contributed by atoms with E-state index >= 15 is 0 Å². The van der Waals surface area contributed by atoms with Crippen molar-refractivity contribution in [3.8, 4) is 0 Å². The Labute approximate surface area is 142 Å². The molecule has 0 fully saturated rings. The van der Waals surface area contributed by atoms with E-state index in [1.807, 2.05) is 36.7 Å². The Balaban J connectivity index is 1.82. The molecule has 1 aromatic carbocycles. The molecule has 0 atom stereocenters. The summed E-state index contributed by atoms with van der Waals surface area (Å²) in [5.41, 5.74) is 6.20. The first-order valence-corrected chi connectivity index (χ1v) is 9.04. The van der Waals surface area contributed by atoms with Gasteiger partial charge in [-0.3, -0.25) is 5.43 Å². The van der Waals surface area contributed by atoms with Crippen molar-refractivity contribution in [2.24, 2.45) is 5.10 Å². The zero-order valence-corrected chi connectivity index (χ0v) is 14.7. The number of aromatic nitrogens is 1. The van der Waals surface area contributed by atoms with Crippen molar-refractivity contribution in [3.05, 3.63) is 46.5 Å². The number of thiazole rings is 1. The standard InChI is InChI=1S/C18H25N3OS/c1-3-4-5-8-11-22-13-17-10-7-6-9-16(17)12-19-21-18-20-15(2)14-23-18/h6-7,9-10,12,14H,3-5,8,11,13H2,1-2H3,(H,20,21). The summed E-state index contributed by atoms with van der Waals surface area (Å²) in [4.78, 5) is 4.32. The first-order chi connectivity index (χ1) is 11.3. The van der Waals surface area contributed by atoms with Gasteiger partial charge in [0, 0.05) is 17.6 Å². The molecule has 0 saturated heterocycles. The van der Waals surface area contributed by atoms with Gasteiger partial charge >= 0.3 is 0 Å². The molecule has 2 aromatic rings. The molecule has 1 N–H and O–H groups in total. The Kier molecular flexibility index (Phi) is 7.77. The lowest BCUT2D eigenvalue weighted by Crippen LogP contribution is -2.00. The van der Waals surface area contributed by atoms with Gasteiger partial charge in [-0.2, -0.15) is 5.10 Å². The minimum Gasteiger partial charge on any atom is -0.377 e. The van der Waals surface area contributed by atoms with E-state index in [4.69, 9.17) is 4.74 Å². The summed E-state index contributed by atoms with van der Waals surface area (Å²) >= 11 is 1.55. The van der Waals surface area contributed by atoms with Crippen LogP contribution < -0.4 is 5.43 Å². The predicted molar refractivity (Wildman–Crippen MR) is 98.3 cm³/mol. The molecule has 0 spiro atoms. The minimum absolute atomic E-state index is 0.630. The quantitative estimate of drug-likeness (QED) is 0.379. The summed E-state index contributed by atoms with van der Waals surface area (Å²) in [5, 5.41) is 7.08. The third-order valence-corrected chi connectivity index (χ3v) is 4.30. The first kappa shape index (κ1) is 17.6. The van der Waals surface area contributed by atoms with Crippen LogP contribution in [0.3, 0.4) is 0 Å². The van der Waals surface area contributed by atoms with Gasteiger partial charge in [-0.15, -0.1) is 11.3 Å². The molecule has 23 heavy (non-hydrogen) atoms. The number of benzene rings is 1. The average molecular weight is 331 g/mol. The summed E-state index contributed by atoms with van der Waals surface area (Å²) in [6.45, 7) is 5.64. The molecule has 0 amide bonds. The fourth-order valence-electron chi connectivity index (χ4n) is 2.17. The molecule has 124 valence electrons. The lowest BCUT2D eigenvalue weighted by atomic mass is 10.1. The molecule has 0 bridgehead atoms. The van der Waals surface area contributed by atoms with Crippen LogP contribution in [0, 0.1) is 6.92 Å². The molecule has 0 unspecified atom stereocenters. The lowest BCUT2D eigenvalue weighted by molar-refractivity contribution is 0.116. The highest BCUT2D eigenvalue weighted by Gasteiger charge is 2.00. The van der Waals surface area contributed by atoms with Gasteiger partial charge in [0.1, 0.15) is 0 Å². The molecule has 0 saturated carbocycles. The number of anilines is 1. The van der Waals surface area contributed by atoms with Crippen LogP contribution >= 0.6 is 11.3 Å². The summed E-state index contributed by atoms with van der Waals surface area (Å²) in [5.74, 6) is 0. The highest BCUT2D eigenvalue weighted by Crippen LogP contribution is 2.14. The van der Waals surface area contributed by atoms with E-state index in [0.717, 1.165) is 35.0 Å². The maximum Gasteiger partial charge on any atom is 0.203 e. The number of ether oxygens (including phenoxy) is 1. The second-order valence-corrected chi connectivity index (χ2v) is 6.33. The van der Waals surface area contributed by atoms with Crippen molar-refractivity contribution < 1.29 is 4.74 Å². The van der Waals surface area contributed by atoms with Crippen LogP contribution in [-0.4, -0.2) is 17.8 Å². The Morgan fingerprint density at radius 2 is 2.13 bits per heavy atom. The Hall–Kier alpha value is -1.72. The maximum atomic E-state index is 5.78. The van der Waals surface area contributed by atoms with E-state index in [1.165, 1.54) is 19.3 Å². The van der Waals surface area contributed by atoms with Crippen LogP contribution in [0.4, 0.5) is 5.13 Å². The number of aryl methyl sites for hydroxylation is 1. The molecule has 0 radical (unpaired) electrons. The number of nitrogens with zero attached hydrogens (tertiary/aromatic N) is 2.